The Morgan fingerprint density at radius 1 is 1.00 bits per heavy atom. The third kappa shape index (κ3) is 5.76. The van der Waals surface area contributed by atoms with Crippen molar-refractivity contribution in [3.63, 3.8) is 0 Å². The molecule has 1 aliphatic rings. The number of carboxylic acid groups (broad SMARTS) is 1. The maximum absolute atomic E-state index is 14.5. The van der Waals surface area contributed by atoms with Gasteiger partial charge in [0.15, 0.2) is 11.6 Å². The second-order valence-electron chi connectivity index (χ2n) is 8.45. The van der Waals surface area contributed by atoms with Gasteiger partial charge in [-0.3, -0.25) is 14.4 Å². The van der Waals surface area contributed by atoms with Crippen molar-refractivity contribution in [3.8, 4) is 5.75 Å². The highest BCUT2D eigenvalue weighted by Crippen LogP contribution is 2.35. The summed E-state index contributed by atoms with van der Waals surface area (Å²) in [6.45, 7) is 0.0404. The van der Waals surface area contributed by atoms with E-state index >= 15 is 0 Å². The highest BCUT2D eigenvalue weighted by atomic mass is 35.5. The Bertz CT molecular complexity index is 1310. The van der Waals surface area contributed by atoms with Crippen LogP contribution in [-0.2, 0) is 4.79 Å². The number of hydrogen-bond donors (Lipinski definition) is 3. The second kappa shape index (κ2) is 11.2. The molecular weight excluding hydrogens is 514 g/mol. The molecule has 36 heavy (non-hydrogen) atoms. The number of thiophene rings is 1. The average Bonchev–Trinajstić information content (AvgIpc) is 3.20. The van der Waals surface area contributed by atoms with Gasteiger partial charge < -0.3 is 20.5 Å². The lowest BCUT2D eigenvalue weighted by Crippen LogP contribution is -2.35. The number of carboxylic acids is 1. The van der Waals surface area contributed by atoms with Crippen molar-refractivity contribution in [3.05, 3.63) is 63.5 Å². The van der Waals surface area contributed by atoms with E-state index < -0.39 is 47.0 Å². The number of carbonyl (C=O) groups is 3. The van der Waals surface area contributed by atoms with Gasteiger partial charge in [0.1, 0.15) is 10.7 Å². The van der Waals surface area contributed by atoms with Crippen LogP contribution in [0.5, 0.6) is 5.75 Å². The maximum Gasteiger partial charge on any atom is 0.306 e. The van der Waals surface area contributed by atoms with Crippen molar-refractivity contribution in [1.82, 2.24) is 10.6 Å². The van der Waals surface area contributed by atoms with Crippen LogP contribution in [0.1, 0.15) is 45.7 Å². The van der Waals surface area contributed by atoms with E-state index in [0.717, 1.165) is 22.2 Å². The summed E-state index contributed by atoms with van der Waals surface area (Å²) in [7, 11) is 0. The fraction of sp³-hybridized carbons (Fsp3) is 0.320. The van der Waals surface area contributed by atoms with Crippen molar-refractivity contribution in [1.29, 1.82) is 0 Å². The van der Waals surface area contributed by atoms with Crippen molar-refractivity contribution >= 4 is 50.8 Å². The molecular formula is C25H23ClF2N2O5S. The Kier molecular flexibility index (Phi) is 8.05. The summed E-state index contributed by atoms with van der Waals surface area (Å²) in [5, 5.41) is 15.3. The van der Waals surface area contributed by atoms with Gasteiger partial charge in [-0.05, 0) is 37.8 Å². The monoisotopic (exact) mass is 536 g/mol. The van der Waals surface area contributed by atoms with Gasteiger partial charge in [-0.1, -0.05) is 29.8 Å². The molecule has 7 nitrogen and oxygen atoms in total. The molecule has 0 radical (unpaired) electrons. The van der Waals surface area contributed by atoms with Crippen molar-refractivity contribution in [2.75, 3.05) is 13.1 Å². The number of aliphatic carboxylic acids is 1. The standard InChI is InChI=1S/C25H23ClF2N2O5S/c26-21-15-3-1-2-4-20(15)36-22(21)24(32)30-10-9-29-23(31)16-11-18(28)19(12-17(16)27)35-14-7-5-13(6-8-14)25(33)34/h1-4,11-14H,5-10H2,(H,29,31)(H,30,32)(H,33,34)/t13-,14+. The molecule has 190 valence electrons. The predicted molar refractivity (Wildman–Crippen MR) is 132 cm³/mol. The van der Waals surface area contributed by atoms with E-state index in [1.165, 1.54) is 11.3 Å². The van der Waals surface area contributed by atoms with Crippen LogP contribution in [-0.4, -0.2) is 42.1 Å². The number of fused-ring (bicyclic) bond motifs is 1. The summed E-state index contributed by atoms with van der Waals surface area (Å²) in [4.78, 5) is 36.2. The minimum atomic E-state index is -0.954. The van der Waals surface area contributed by atoms with Gasteiger partial charge in [0.2, 0.25) is 0 Å². The molecule has 2 aromatic carbocycles. The van der Waals surface area contributed by atoms with E-state index in [0.29, 0.717) is 35.6 Å². The smallest absolute Gasteiger partial charge is 0.306 e. The number of hydrogen-bond acceptors (Lipinski definition) is 5. The number of carbonyl (C=O) groups excluding carboxylic acids is 2. The first-order valence-corrected chi connectivity index (χ1v) is 12.6. The highest BCUT2D eigenvalue weighted by molar-refractivity contribution is 7.21. The number of benzene rings is 2. The Morgan fingerprint density at radius 3 is 2.33 bits per heavy atom. The molecule has 3 aromatic rings. The minimum absolute atomic E-state index is 0.0147. The second-order valence-corrected chi connectivity index (χ2v) is 9.88. The number of nitrogens with one attached hydrogen (secondary N) is 2. The summed E-state index contributed by atoms with van der Waals surface area (Å²) < 4.78 is 35.5. The van der Waals surface area contributed by atoms with E-state index in [-0.39, 0.29) is 18.8 Å². The van der Waals surface area contributed by atoms with Crippen LogP contribution in [0, 0.1) is 17.6 Å². The molecule has 0 spiro atoms. The van der Waals surface area contributed by atoms with E-state index in [9.17, 15) is 23.2 Å². The molecule has 0 bridgehead atoms. The van der Waals surface area contributed by atoms with Gasteiger partial charge in [-0.15, -0.1) is 11.3 Å². The van der Waals surface area contributed by atoms with Gasteiger partial charge in [-0.25, -0.2) is 8.78 Å². The Labute approximate surface area is 214 Å². The summed E-state index contributed by atoms with van der Waals surface area (Å²) in [6.07, 6.45) is 1.20. The minimum Gasteiger partial charge on any atom is -0.487 e. The maximum atomic E-state index is 14.5. The molecule has 0 unspecified atom stereocenters. The van der Waals surface area contributed by atoms with Crippen LogP contribution in [0.3, 0.4) is 0 Å². The summed E-state index contributed by atoms with van der Waals surface area (Å²) in [5.41, 5.74) is -0.492. The first-order chi connectivity index (χ1) is 17.2. The van der Waals surface area contributed by atoms with Crippen molar-refractivity contribution in [2.45, 2.75) is 31.8 Å². The average molecular weight is 537 g/mol. The molecule has 1 aliphatic carbocycles. The lowest BCUT2D eigenvalue weighted by molar-refractivity contribution is -0.143. The van der Waals surface area contributed by atoms with E-state index in [4.69, 9.17) is 21.4 Å². The molecule has 1 fully saturated rings. The van der Waals surface area contributed by atoms with Crippen LogP contribution in [0.25, 0.3) is 10.1 Å². The zero-order valence-electron chi connectivity index (χ0n) is 19.0. The zero-order valence-corrected chi connectivity index (χ0v) is 20.6. The van der Waals surface area contributed by atoms with Gasteiger partial charge >= 0.3 is 5.97 Å². The van der Waals surface area contributed by atoms with Gasteiger partial charge in [0, 0.05) is 29.2 Å². The molecule has 1 saturated carbocycles. The molecule has 0 atom stereocenters. The number of halogens is 3. The van der Waals surface area contributed by atoms with E-state index in [1.54, 1.807) is 0 Å². The van der Waals surface area contributed by atoms with Crippen LogP contribution in [0.2, 0.25) is 5.02 Å². The van der Waals surface area contributed by atoms with E-state index in [1.807, 2.05) is 24.3 Å². The van der Waals surface area contributed by atoms with Crippen molar-refractivity contribution in [2.24, 2.45) is 5.92 Å². The fourth-order valence-corrected chi connectivity index (χ4v) is 5.52. The van der Waals surface area contributed by atoms with Crippen LogP contribution in [0.15, 0.2) is 36.4 Å². The molecule has 11 heteroatoms. The largest absolute Gasteiger partial charge is 0.487 e. The molecule has 0 saturated heterocycles. The van der Waals surface area contributed by atoms with Gasteiger partial charge in [0.25, 0.3) is 11.8 Å². The number of amides is 2. The SMILES string of the molecule is O=C(NCCNC(=O)c1sc2ccccc2c1Cl)c1cc(F)c(O[C@H]2CC[C@@H](C(=O)O)CC2)cc1F. The zero-order chi connectivity index (χ0) is 25.8. The molecule has 1 aromatic heterocycles. The van der Waals surface area contributed by atoms with Crippen LogP contribution >= 0.6 is 22.9 Å². The van der Waals surface area contributed by atoms with Gasteiger partial charge in [0.05, 0.1) is 22.6 Å². The third-order valence-corrected chi connectivity index (χ3v) is 7.69. The van der Waals surface area contributed by atoms with Crippen LogP contribution in [0.4, 0.5) is 8.78 Å². The normalized spacial score (nSPS) is 17.5. The first kappa shape index (κ1) is 25.8. The predicted octanol–water partition coefficient (Wildman–Crippen LogP) is 5.01. The number of rotatable bonds is 8. The molecule has 1 heterocycles. The third-order valence-electron chi connectivity index (χ3n) is 6.02. The highest BCUT2D eigenvalue weighted by Gasteiger charge is 2.28. The summed E-state index contributed by atoms with van der Waals surface area (Å²) >= 11 is 7.54. The lowest BCUT2D eigenvalue weighted by atomic mass is 9.87. The Morgan fingerprint density at radius 2 is 1.67 bits per heavy atom. The Balaban J connectivity index is 1.28. The summed E-state index contributed by atoms with van der Waals surface area (Å²) in [6, 6.07) is 8.93. The number of ether oxygens (including phenoxy) is 1. The quantitative estimate of drug-likeness (QED) is 0.351. The topological polar surface area (TPSA) is 105 Å². The fourth-order valence-electron chi connectivity index (χ4n) is 4.09. The summed E-state index contributed by atoms with van der Waals surface area (Å²) in [5.74, 6) is -4.73. The molecule has 0 aliphatic heterocycles. The van der Waals surface area contributed by atoms with Crippen molar-refractivity contribution < 1.29 is 33.0 Å². The Hall–Kier alpha value is -3.24. The first-order valence-electron chi connectivity index (χ1n) is 11.4. The molecule has 4 rings (SSSR count). The van der Waals surface area contributed by atoms with E-state index in [2.05, 4.69) is 10.6 Å². The lowest BCUT2D eigenvalue weighted by Gasteiger charge is -2.27. The van der Waals surface area contributed by atoms with Gasteiger partial charge in [-0.2, -0.15) is 0 Å². The van der Waals surface area contributed by atoms with Crippen LogP contribution < -0.4 is 15.4 Å². The molecule has 3 N–H and O–H groups in total. The molecule has 2 amide bonds.